The van der Waals surface area contributed by atoms with Crippen LogP contribution in [0.25, 0.3) is 0 Å². The van der Waals surface area contributed by atoms with Gasteiger partial charge in [0.05, 0.1) is 0 Å². The second kappa shape index (κ2) is 5.41. The van der Waals surface area contributed by atoms with Gasteiger partial charge >= 0.3 is 0 Å². The van der Waals surface area contributed by atoms with E-state index in [0.717, 1.165) is 5.02 Å². The third-order valence-electron chi connectivity index (χ3n) is 4.16. The van der Waals surface area contributed by atoms with Crippen LogP contribution in [-0.4, -0.2) is 7.05 Å². The van der Waals surface area contributed by atoms with Crippen LogP contribution >= 0.6 is 11.6 Å². The molecule has 1 aromatic rings. The van der Waals surface area contributed by atoms with E-state index in [0.29, 0.717) is 11.5 Å². The molecule has 0 bridgehead atoms. The van der Waals surface area contributed by atoms with Crippen LogP contribution in [0.1, 0.15) is 50.6 Å². The zero-order chi connectivity index (χ0) is 12.3. The van der Waals surface area contributed by atoms with Gasteiger partial charge in [0.2, 0.25) is 0 Å². The maximum atomic E-state index is 6.10. The lowest BCUT2D eigenvalue weighted by molar-refractivity contribution is 0.150. The molecule has 0 aromatic heterocycles. The molecule has 94 valence electrons. The first-order valence-corrected chi connectivity index (χ1v) is 6.96. The predicted octanol–water partition coefficient (Wildman–Crippen LogP) is 4.57. The number of nitrogens with one attached hydrogen (secondary N) is 1. The van der Waals surface area contributed by atoms with E-state index >= 15 is 0 Å². The summed E-state index contributed by atoms with van der Waals surface area (Å²) in [6.45, 7) is 2.41. The van der Waals surface area contributed by atoms with Crippen LogP contribution in [0.3, 0.4) is 0 Å². The van der Waals surface area contributed by atoms with Gasteiger partial charge in [-0.25, -0.2) is 0 Å². The largest absolute Gasteiger partial charge is 0.313 e. The lowest BCUT2D eigenvalue weighted by atomic mass is 9.68. The Kier molecular flexibility index (Phi) is 4.11. The quantitative estimate of drug-likeness (QED) is 0.830. The molecule has 1 atom stereocenters. The van der Waals surface area contributed by atoms with Crippen molar-refractivity contribution in [3.8, 4) is 0 Å². The van der Waals surface area contributed by atoms with Crippen molar-refractivity contribution < 1.29 is 0 Å². The molecule has 1 unspecified atom stereocenters. The standard InChI is InChI=1S/C15H22ClN/c1-15(9-4-3-5-10-15)14(17-2)12-7-6-8-13(16)11-12/h6-8,11,14,17H,3-5,9-10H2,1-2H3. The molecule has 0 aliphatic heterocycles. The molecule has 0 saturated heterocycles. The van der Waals surface area contributed by atoms with Gasteiger partial charge in [-0.3, -0.25) is 0 Å². The number of benzene rings is 1. The maximum Gasteiger partial charge on any atom is 0.0409 e. The van der Waals surface area contributed by atoms with Gasteiger partial charge in [-0.05, 0) is 43.0 Å². The molecule has 1 aliphatic rings. The highest BCUT2D eigenvalue weighted by atomic mass is 35.5. The fourth-order valence-corrected chi connectivity index (χ4v) is 3.45. The molecular formula is C15H22ClN. The molecule has 17 heavy (non-hydrogen) atoms. The van der Waals surface area contributed by atoms with Crippen molar-refractivity contribution in [3.05, 3.63) is 34.9 Å². The van der Waals surface area contributed by atoms with E-state index in [9.17, 15) is 0 Å². The number of hydrogen-bond donors (Lipinski definition) is 1. The Morgan fingerprint density at radius 1 is 1.24 bits per heavy atom. The summed E-state index contributed by atoms with van der Waals surface area (Å²) in [6.07, 6.45) is 6.72. The summed E-state index contributed by atoms with van der Waals surface area (Å²) >= 11 is 6.10. The van der Waals surface area contributed by atoms with Crippen molar-refractivity contribution in [1.29, 1.82) is 0 Å². The number of hydrogen-bond acceptors (Lipinski definition) is 1. The van der Waals surface area contributed by atoms with Crippen LogP contribution in [0, 0.1) is 5.41 Å². The van der Waals surface area contributed by atoms with Crippen LogP contribution in [0.2, 0.25) is 5.02 Å². The van der Waals surface area contributed by atoms with Crippen molar-refractivity contribution >= 4 is 11.6 Å². The topological polar surface area (TPSA) is 12.0 Å². The summed E-state index contributed by atoms with van der Waals surface area (Å²) in [6, 6.07) is 8.70. The molecule has 1 aromatic carbocycles. The van der Waals surface area contributed by atoms with Crippen molar-refractivity contribution in [3.63, 3.8) is 0 Å². The van der Waals surface area contributed by atoms with Crippen molar-refractivity contribution in [2.75, 3.05) is 7.05 Å². The third-order valence-corrected chi connectivity index (χ3v) is 4.40. The van der Waals surface area contributed by atoms with Crippen LogP contribution in [0.4, 0.5) is 0 Å². The summed E-state index contributed by atoms with van der Waals surface area (Å²) in [5, 5.41) is 4.33. The molecule has 0 heterocycles. The molecule has 0 radical (unpaired) electrons. The Balaban J connectivity index is 2.26. The summed E-state index contributed by atoms with van der Waals surface area (Å²) < 4.78 is 0. The Labute approximate surface area is 110 Å². The molecule has 2 rings (SSSR count). The lowest BCUT2D eigenvalue weighted by Gasteiger charge is -2.41. The second-order valence-corrected chi connectivity index (χ2v) is 5.93. The first-order chi connectivity index (χ1) is 8.15. The van der Waals surface area contributed by atoms with E-state index in [1.54, 1.807) is 0 Å². The van der Waals surface area contributed by atoms with Gasteiger partial charge in [-0.1, -0.05) is 49.9 Å². The van der Waals surface area contributed by atoms with E-state index < -0.39 is 0 Å². The van der Waals surface area contributed by atoms with Crippen LogP contribution in [-0.2, 0) is 0 Å². The van der Waals surface area contributed by atoms with Crippen molar-refractivity contribution in [2.24, 2.45) is 5.41 Å². The van der Waals surface area contributed by atoms with Gasteiger partial charge in [0.25, 0.3) is 0 Å². The normalized spacial score (nSPS) is 21.1. The van der Waals surface area contributed by atoms with Crippen LogP contribution in [0.5, 0.6) is 0 Å². The van der Waals surface area contributed by atoms with Gasteiger partial charge in [0.15, 0.2) is 0 Å². The van der Waals surface area contributed by atoms with Gasteiger partial charge in [0, 0.05) is 11.1 Å². The Bertz CT molecular complexity index is 369. The smallest absolute Gasteiger partial charge is 0.0409 e. The molecule has 2 heteroatoms. The molecule has 1 aliphatic carbocycles. The summed E-state index contributed by atoms with van der Waals surface area (Å²) in [5.74, 6) is 0. The lowest BCUT2D eigenvalue weighted by Crippen LogP contribution is -2.36. The molecule has 0 spiro atoms. The first kappa shape index (κ1) is 12.9. The minimum Gasteiger partial charge on any atom is -0.313 e. The first-order valence-electron chi connectivity index (χ1n) is 6.58. The molecule has 1 nitrogen and oxygen atoms in total. The van der Waals surface area contributed by atoms with Gasteiger partial charge in [-0.2, -0.15) is 0 Å². The van der Waals surface area contributed by atoms with Crippen LogP contribution < -0.4 is 5.32 Å². The Hall–Kier alpha value is -0.530. The molecule has 1 fully saturated rings. The van der Waals surface area contributed by atoms with E-state index in [4.69, 9.17) is 11.6 Å². The predicted molar refractivity (Wildman–Crippen MR) is 74.4 cm³/mol. The fraction of sp³-hybridized carbons (Fsp3) is 0.600. The molecule has 1 saturated carbocycles. The van der Waals surface area contributed by atoms with Gasteiger partial charge in [0.1, 0.15) is 0 Å². The maximum absolute atomic E-state index is 6.10. The number of halogens is 1. The monoisotopic (exact) mass is 251 g/mol. The Morgan fingerprint density at radius 3 is 2.53 bits per heavy atom. The van der Waals surface area contributed by atoms with E-state index in [1.165, 1.54) is 37.7 Å². The van der Waals surface area contributed by atoms with Crippen molar-refractivity contribution in [1.82, 2.24) is 5.32 Å². The van der Waals surface area contributed by atoms with Crippen molar-refractivity contribution in [2.45, 2.75) is 45.1 Å². The average Bonchev–Trinajstić information content (AvgIpc) is 2.30. The second-order valence-electron chi connectivity index (χ2n) is 5.49. The van der Waals surface area contributed by atoms with Crippen LogP contribution in [0.15, 0.2) is 24.3 Å². The number of rotatable bonds is 3. The zero-order valence-corrected chi connectivity index (χ0v) is 11.6. The average molecular weight is 252 g/mol. The molecule has 0 amide bonds. The summed E-state index contributed by atoms with van der Waals surface area (Å²) in [5.41, 5.74) is 1.70. The minimum atomic E-state index is 0.373. The highest BCUT2D eigenvalue weighted by molar-refractivity contribution is 6.30. The van der Waals surface area contributed by atoms with E-state index in [1.807, 2.05) is 12.1 Å². The highest BCUT2D eigenvalue weighted by Gasteiger charge is 2.35. The fourth-order valence-electron chi connectivity index (χ4n) is 3.25. The Morgan fingerprint density at radius 2 is 1.94 bits per heavy atom. The molecular weight excluding hydrogens is 230 g/mol. The minimum absolute atomic E-state index is 0.373. The van der Waals surface area contributed by atoms with Gasteiger partial charge in [-0.15, -0.1) is 0 Å². The third kappa shape index (κ3) is 2.83. The van der Waals surface area contributed by atoms with Gasteiger partial charge < -0.3 is 5.32 Å². The summed E-state index contributed by atoms with van der Waals surface area (Å²) in [7, 11) is 2.06. The molecule has 1 N–H and O–H groups in total. The van der Waals surface area contributed by atoms with E-state index in [-0.39, 0.29) is 0 Å². The SMILES string of the molecule is CNC(c1cccc(Cl)c1)C1(C)CCCCC1. The highest BCUT2D eigenvalue weighted by Crippen LogP contribution is 2.45. The van der Waals surface area contributed by atoms with E-state index in [2.05, 4.69) is 31.4 Å². The zero-order valence-electron chi connectivity index (χ0n) is 10.8. The summed E-state index contributed by atoms with van der Waals surface area (Å²) in [4.78, 5) is 0.